The second-order valence-corrected chi connectivity index (χ2v) is 6.98. The molecule has 0 saturated carbocycles. The van der Waals surface area contributed by atoms with Gasteiger partial charge in [0.25, 0.3) is 0 Å². The third-order valence-corrected chi connectivity index (χ3v) is 5.12. The fourth-order valence-electron chi connectivity index (χ4n) is 2.20. The van der Waals surface area contributed by atoms with E-state index in [0.29, 0.717) is 18.7 Å². The van der Waals surface area contributed by atoms with Gasteiger partial charge in [-0.05, 0) is 13.3 Å². The van der Waals surface area contributed by atoms with Crippen LogP contribution in [0, 0.1) is 0 Å². The van der Waals surface area contributed by atoms with Crippen LogP contribution in [0.15, 0.2) is 0 Å². The molecular weight excluding hydrogens is 318 g/mol. The van der Waals surface area contributed by atoms with Crippen molar-refractivity contribution in [3.8, 4) is 0 Å². The lowest BCUT2D eigenvalue weighted by Crippen LogP contribution is -2.38. The number of nitrogens with zero attached hydrogens (tertiary/aromatic N) is 1. The molecule has 2 amide bonds. The van der Waals surface area contributed by atoms with Gasteiger partial charge < -0.3 is 21.1 Å². The first-order chi connectivity index (χ1) is 10.9. The lowest BCUT2D eigenvalue weighted by molar-refractivity contribution is -0.133. The SMILES string of the molecule is CCCCNC(=O)CCN1C(=O)C(SCC(N)C(C)=O)CC1O. The van der Waals surface area contributed by atoms with Crippen LogP contribution in [0.4, 0.5) is 0 Å². The van der Waals surface area contributed by atoms with Crippen LogP contribution in [0.25, 0.3) is 0 Å². The first-order valence-electron chi connectivity index (χ1n) is 7.99. The van der Waals surface area contributed by atoms with Gasteiger partial charge in [0.2, 0.25) is 11.8 Å². The Morgan fingerprint density at radius 2 is 2.22 bits per heavy atom. The second-order valence-electron chi connectivity index (χ2n) is 5.74. The van der Waals surface area contributed by atoms with Crippen molar-refractivity contribution in [3.05, 3.63) is 0 Å². The Labute approximate surface area is 141 Å². The van der Waals surface area contributed by atoms with Gasteiger partial charge in [-0.25, -0.2) is 0 Å². The highest BCUT2D eigenvalue weighted by molar-refractivity contribution is 8.00. The summed E-state index contributed by atoms with van der Waals surface area (Å²) in [5.41, 5.74) is 5.65. The summed E-state index contributed by atoms with van der Waals surface area (Å²) in [7, 11) is 0. The molecule has 1 rings (SSSR count). The normalized spacial score (nSPS) is 22.3. The van der Waals surface area contributed by atoms with Crippen LogP contribution in [0.5, 0.6) is 0 Å². The number of hydrogen-bond acceptors (Lipinski definition) is 6. The summed E-state index contributed by atoms with van der Waals surface area (Å²) in [6.45, 7) is 4.29. The zero-order valence-corrected chi connectivity index (χ0v) is 14.6. The lowest BCUT2D eigenvalue weighted by atomic mass is 10.3. The van der Waals surface area contributed by atoms with Crippen LogP contribution < -0.4 is 11.1 Å². The molecule has 1 saturated heterocycles. The first kappa shape index (κ1) is 19.9. The molecule has 1 aliphatic heterocycles. The molecule has 1 aliphatic rings. The molecule has 8 heteroatoms. The fourth-order valence-corrected chi connectivity index (χ4v) is 3.46. The van der Waals surface area contributed by atoms with Crippen molar-refractivity contribution in [1.29, 1.82) is 0 Å². The molecule has 0 radical (unpaired) electrons. The molecule has 1 heterocycles. The molecule has 0 aromatic heterocycles. The number of thioether (sulfide) groups is 1. The molecule has 0 bridgehead atoms. The summed E-state index contributed by atoms with van der Waals surface area (Å²) in [6, 6.07) is -0.594. The molecular formula is C15H27N3O4S. The minimum absolute atomic E-state index is 0.117. The van der Waals surface area contributed by atoms with Crippen molar-refractivity contribution in [3.63, 3.8) is 0 Å². The number of carbonyl (C=O) groups is 3. The molecule has 4 N–H and O–H groups in total. The number of Topliss-reactive ketones (excluding diaryl/α,β-unsaturated/α-hetero) is 1. The lowest BCUT2D eigenvalue weighted by Gasteiger charge is -2.20. The summed E-state index contributed by atoms with van der Waals surface area (Å²) in [4.78, 5) is 36.4. The maximum Gasteiger partial charge on any atom is 0.237 e. The van der Waals surface area contributed by atoms with Crippen LogP contribution in [-0.4, -0.2) is 64.0 Å². The standard InChI is InChI=1S/C15H27N3O4S/c1-3-4-6-17-13(20)5-7-18-14(21)8-12(15(18)22)23-9-11(16)10(2)19/h11-12,14,21H,3-9,16H2,1-2H3,(H,17,20). The molecule has 23 heavy (non-hydrogen) atoms. The zero-order chi connectivity index (χ0) is 17.4. The highest BCUT2D eigenvalue weighted by Crippen LogP contribution is 2.28. The molecule has 1 fully saturated rings. The largest absolute Gasteiger partial charge is 0.373 e. The highest BCUT2D eigenvalue weighted by Gasteiger charge is 2.38. The third-order valence-electron chi connectivity index (χ3n) is 3.77. The number of unbranched alkanes of at least 4 members (excludes halogenated alkanes) is 1. The number of carbonyl (C=O) groups excluding carboxylic acids is 3. The second kappa shape index (κ2) is 9.89. The van der Waals surface area contributed by atoms with E-state index in [1.165, 1.54) is 23.6 Å². The van der Waals surface area contributed by atoms with E-state index in [4.69, 9.17) is 5.73 Å². The number of aliphatic hydroxyl groups excluding tert-OH is 1. The summed E-state index contributed by atoms with van der Waals surface area (Å²) in [5, 5.41) is 12.4. The van der Waals surface area contributed by atoms with Crippen LogP contribution in [0.1, 0.15) is 39.5 Å². The van der Waals surface area contributed by atoms with E-state index in [1.54, 1.807) is 0 Å². The Kier molecular flexibility index (Phi) is 8.57. The van der Waals surface area contributed by atoms with E-state index < -0.39 is 17.5 Å². The molecule has 0 aliphatic carbocycles. The monoisotopic (exact) mass is 345 g/mol. The molecule has 3 unspecified atom stereocenters. The number of likely N-dealkylation sites (tertiary alicyclic amines) is 1. The number of ketones is 1. The average Bonchev–Trinajstić information content (AvgIpc) is 2.77. The maximum absolute atomic E-state index is 12.3. The van der Waals surface area contributed by atoms with Gasteiger partial charge in [-0.3, -0.25) is 14.4 Å². The number of hydrogen-bond donors (Lipinski definition) is 3. The van der Waals surface area contributed by atoms with E-state index in [9.17, 15) is 19.5 Å². The Bertz CT molecular complexity index is 433. The van der Waals surface area contributed by atoms with Gasteiger partial charge in [0, 0.05) is 31.7 Å². The molecule has 0 aromatic carbocycles. The summed E-state index contributed by atoms with van der Waals surface area (Å²) < 4.78 is 0. The molecule has 0 spiro atoms. The predicted octanol–water partition coefficient (Wildman–Crippen LogP) is -0.138. The van der Waals surface area contributed by atoms with Gasteiger partial charge in [0.1, 0.15) is 12.0 Å². The van der Waals surface area contributed by atoms with E-state index in [1.807, 2.05) is 6.92 Å². The number of nitrogens with two attached hydrogens (primary N) is 1. The maximum atomic E-state index is 12.3. The van der Waals surface area contributed by atoms with Gasteiger partial charge in [0.15, 0.2) is 0 Å². The number of amides is 2. The van der Waals surface area contributed by atoms with Gasteiger partial charge in [-0.15, -0.1) is 11.8 Å². The number of rotatable bonds is 10. The van der Waals surface area contributed by atoms with Crippen LogP contribution in [0.2, 0.25) is 0 Å². The van der Waals surface area contributed by atoms with Crippen molar-refractivity contribution >= 4 is 29.4 Å². The topological polar surface area (TPSA) is 113 Å². The average molecular weight is 345 g/mol. The fraction of sp³-hybridized carbons (Fsp3) is 0.800. The summed E-state index contributed by atoms with van der Waals surface area (Å²) >= 11 is 1.29. The Hall–Kier alpha value is -1.12. The minimum Gasteiger partial charge on any atom is -0.373 e. The third kappa shape index (κ3) is 6.48. The minimum atomic E-state index is -0.878. The Balaban J connectivity index is 2.38. The van der Waals surface area contributed by atoms with Crippen LogP contribution in [0.3, 0.4) is 0 Å². The molecule has 132 valence electrons. The van der Waals surface area contributed by atoms with Gasteiger partial charge >= 0.3 is 0 Å². The predicted molar refractivity (Wildman–Crippen MR) is 89.8 cm³/mol. The quantitative estimate of drug-likeness (QED) is 0.475. The Morgan fingerprint density at radius 1 is 1.52 bits per heavy atom. The number of aliphatic hydroxyl groups is 1. The first-order valence-corrected chi connectivity index (χ1v) is 9.04. The van der Waals surface area contributed by atoms with Gasteiger partial charge in [-0.2, -0.15) is 0 Å². The van der Waals surface area contributed by atoms with Crippen molar-refractivity contribution in [2.45, 2.75) is 57.1 Å². The van der Waals surface area contributed by atoms with E-state index >= 15 is 0 Å². The molecule has 7 nitrogen and oxygen atoms in total. The van der Waals surface area contributed by atoms with Crippen LogP contribution in [-0.2, 0) is 14.4 Å². The highest BCUT2D eigenvalue weighted by atomic mass is 32.2. The van der Waals surface area contributed by atoms with Gasteiger partial charge in [0.05, 0.1) is 11.3 Å². The van der Waals surface area contributed by atoms with E-state index in [-0.39, 0.29) is 30.6 Å². The van der Waals surface area contributed by atoms with Crippen molar-refractivity contribution < 1.29 is 19.5 Å². The van der Waals surface area contributed by atoms with E-state index in [2.05, 4.69) is 5.32 Å². The Morgan fingerprint density at radius 3 is 2.83 bits per heavy atom. The summed E-state index contributed by atoms with van der Waals surface area (Å²) in [5.74, 6) is -0.0825. The van der Waals surface area contributed by atoms with Crippen LogP contribution >= 0.6 is 11.8 Å². The molecule has 0 aromatic rings. The van der Waals surface area contributed by atoms with Crippen molar-refractivity contribution in [1.82, 2.24) is 10.2 Å². The van der Waals surface area contributed by atoms with Gasteiger partial charge in [-0.1, -0.05) is 13.3 Å². The van der Waals surface area contributed by atoms with E-state index in [0.717, 1.165) is 12.8 Å². The number of nitrogens with one attached hydrogen (secondary N) is 1. The molecule has 3 atom stereocenters. The smallest absolute Gasteiger partial charge is 0.237 e. The zero-order valence-electron chi connectivity index (χ0n) is 13.8. The summed E-state index contributed by atoms with van der Waals surface area (Å²) in [6.07, 6.45) is 1.52. The van der Waals surface area contributed by atoms with Crippen molar-refractivity contribution in [2.75, 3.05) is 18.8 Å². The van der Waals surface area contributed by atoms with Crippen molar-refractivity contribution in [2.24, 2.45) is 5.73 Å².